The SMILES string of the molecule is Cc1nc(N(C)C)sc1CCC(C)(C)N. The van der Waals surface area contributed by atoms with Crippen LogP contribution in [0, 0.1) is 6.92 Å². The van der Waals surface area contributed by atoms with E-state index in [-0.39, 0.29) is 5.54 Å². The van der Waals surface area contributed by atoms with Gasteiger partial charge in [0.2, 0.25) is 0 Å². The molecule has 0 bridgehead atoms. The van der Waals surface area contributed by atoms with Gasteiger partial charge in [-0.3, -0.25) is 0 Å². The summed E-state index contributed by atoms with van der Waals surface area (Å²) in [5, 5.41) is 1.08. The Morgan fingerprint density at radius 2 is 2.00 bits per heavy atom. The highest BCUT2D eigenvalue weighted by molar-refractivity contribution is 7.15. The summed E-state index contributed by atoms with van der Waals surface area (Å²) < 4.78 is 0. The molecule has 1 aromatic heterocycles. The van der Waals surface area contributed by atoms with Crippen molar-refractivity contribution in [2.75, 3.05) is 19.0 Å². The first-order valence-corrected chi connectivity index (χ1v) is 6.04. The minimum Gasteiger partial charge on any atom is -0.354 e. The summed E-state index contributed by atoms with van der Waals surface area (Å²) in [4.78, 5) is 7.92. The van der Waals surface area contributed by atoms with E-state index in [1.165, 1.54) is 4.88 Å². The van der Waals surface area contributed by atoms with E-state index in [1.54, 1.807) is 11.3 Å². The summed E-state index contributed by atoms with van der Waals surface area (Å²) in [5.41, 5.74) is 7.03. The molecule has 0 radical (unpaired) electrons. The van der Waals surface area contributed by atoms with Crippen LogP contribution < -0.4 is 10.6 Å². The zero-order valence-corrected chi connectivity index (χ0v) is 11.1. The van der Waals surface area contributed by atoms with E-state index in [9.17, 15) is 0 Å². The maximum absolute atomic E-state index is 5.97. The molecule has 1 heterocycles. The van der Waals surface area contributed by atoms with Gasteiger partial charge in [-0.25, -0.2) is 4.98 Å². The van der Waals surface area contributed by atoms with Crippen molar-refractivity contribution in [2.24, 2.45) is 5.73 Å². The number of thiazole rings is 1. The molecule has 3 nitrogen and oxygen atoms in total. The molecule has 0 fully saturated rings. The summed E-state index contributed by atoms with van der Waals surface area (Å²) in [6.45, 7) is 6.20. The first-order chi connectivity index (χ1) is 6.79. The van der Waals surface area contributed by atoms with Crippen molar-refractivity contribution in [3.63, 3.8) is 0 Å². The Hall–Kier alpha value is -0.610. The molecule has 0 saturated heterocycles. The molecule has 1 aromatic rings. The lowest BCUT2D eigenvalue weighted by Crippen LogP contribution is -2.32. The van der Waals surface area contributed by atoms with Crippen LogP contribution >= 0.6 is 11.3 Å². The Bertz CT molecular complexity index is 323. The van der Waals surface area contributed by atoms with Crippen molar-refractivity contribution in [3.05, 3.63) is 10.6 Å². The third kappa shape index (κ3) is 3.80. The van der Waals surface area contributed by atoms with Crippen LogP contribution in [0.15, 0.2) is 0 Å². The number of nitrogens with zero attached hydrogens (tertiary/aromatic N) is 2. The number of aromatic nitrogens is 1. The second-order valence-electron chi connectivity index (χ2n) is 4.89. The van der Waals surface area contributed by atoms with Crippen molar-refractivity contribution in [2.45, 2.75) is 39.2 Å². The van der Waals surface area contributed by atoms with E-state index in [1.807, 2.05) is 14.1 Å². The van der Waals surface area contributed by atoms with Gasteiger partial charge < -0.3 is 10.6 Å². The van der Waals surface area contributed by atoms with Gasteiger partial charge in [0.05, 0.1) is 5.69 Å². The molecule has 86 valence electrons. The molecule has 1 rings (SSSR count). The molecule has 0 spiro atoms. The van der Waals surface area contributed by atoms with Gasteiger partial charge in [0.1, 0.15) is 0 Å². The van der Waals surface area contributed by atoms with Crippen LogP contribution in [0.25, 0.3) is 0 Å². The first-order valence-electron chi connectivity index (χ1n) is 5.22. The maximum atomic E-state index is 5.97. The van der Waals surface area contributed by atoms with Crippen molar-refractivity contribution >= 4 is 16.5 Å². The molecule has 0 amide bonds. The average Bonchev–Trinajstić information content (AvgIpc) is 2.42. The molecule has 4 heteroatoms. The van der Waals surface area contributed by atoms with Crippen LogP contribution in [0.3, 0.4) is 0 Å². The van der Waals surface area contributed by atoms with Crippen LogP contribution in [0.4, 0.5) is 5.13 Å². The topological polar surface area (TPSA) is 42.2 Å². The predicted octanol–water partition coefficient (Wildman–Crippen LogP) is 2.19. The summed E-state index contributed by atoms with van der Waals surface area (Å²) in [6, 6.07) is 0. The van der Waals surface area contributed by atoms with Gasteiger partial charge >= 0.3 is 0 Å². The van der Waals surface area contributed by atoms with Gasteiger partial charge in [-0.05, 0) is 33.6 Å². The van der Waals surface area contributed by atoms with Crippen LogP contribution in [-0.2, 0) is 6.42 Å². The summed E-state index contributed by atoms with van der Waals surface area (Å²) in [6.07, 6.45) is 2.03. The maximum Gasteiger partial charge on any atom is 0.185 e. The summed E-state index contributed by atoms with van der Waals surface area (Å²) >= 11 is 1.77. The fraction of sp³-hybridized carbons (Fsp3) is 0.727. The molecule has 15 heavy (non-hydrogen) atoms. The van der Waals surface area contributed by atoms with Crippen LogP contribution in [0.1, 0.15) is 30.8 Å². The third-order valence-electron chi connectivity index (χ3n) is 2.26. The van der Waals surface area contributed by atoms with Gasteiger partial charge in [-0.1, -0.05) is 0 Å². The first kappa shape index (κ1) is 12.5. The minimum atomic E-state index is -0.0886. The molecular weight excluding hydrogens is 206 g/mol. The van der Waals surface area contributed by atoms with E-state index in [0.29, 0.717) is 0 Å². The molecule has 0 aliphatic carbocycles. The highest BCUT2D eigenvalue weighted by atomic mass is 32.1. The van der Waals surface area contributed by atoms with Crippen LogP contribution in [0.5, 0.6) is 0 Å². The highest BCUT2D eigenvalue weighted by Gasteiger charge is 2.14. The Kier molecular flexibility index (Phi) is 3.73. The average molecular weight is 227 g/mol. The molecule has 0 aromatic carbocycles. The zero-order valence-electron chi connectivity index (χ0n) is 10.3. The standard InChI is InChI=1S/C11H21N3S/c1-8-9(6-7-11(2,3)12)15-10(13-8)14(4)5/h6-7,12H2,1-5H3. The van der Waals surface area contributed by atoms with E-state index in [4.69, 9.17) is 5.73 Å². The molecular formula is C11H21N3S. The van der Waals surface area contributed by atoms with Crippen LogP contribution in [0.2, 0.25) is 0 Å². The predicted molar refractivity (Wildman–Crippen MR) is 67.8 cm³/mol. The van der Waals surface area contributed by atoms with Gasteiger partial charge in [0.15, 0.2) is 5.13 Å². The number of hydrogen-bond acceptors (Lipinski definition) is 4. The van der Waals surface area contributed by atoms with E-state index < -0.39 is 0 Å². The van der Waals surface area contributed by atoms with Crippen molar-refractivity contribution < 1.29 is 0 Å². The van der Waals surface area contributed by atoms with E-state index in [0.717, 1.165) is 23.7 Å². The lowest BCUT2D eigenvalue weighted by Gasteiger charge is -2.17. The number of nitrogens with two attached hydrogens (primary N) is 1. The van der Waals surface area contributed by atoms with E-state index >= 15 is 0 Å². The number of anilines is 1. The largest absolute Gasteiger partial charge is 0.354 e. The molecule has 0 saturated carbocycles. The smallest absolute Gasteiger partial charge is 0.185 e. The third-order valence-corrected chi connectivity index (χ3v) is 3.65. The molecule has 0 atom stereocenters. The molecule has 0 unspecified atom stereocenters. The number of aryl methyl sites for hydroxylation is 2. The Morgan fingerprint density at radius 1 is 1.40 bits per heavy atom. The molecule has 0 aliphatic rings. The minimum absolute atomic E-state index is 0.0886. The summed E-state index contributed by atoms with van der Waals surface area (Å²) in [5.74, 6) is 0. The lowest BCUT2D eigenvalue weighted by atomic mass is 9.99. The fourth-order valence-electron chi connectivity index (χ4n) is 1.27. The van der Waals surface area contributed by atoms with Crippen molar-refractivity contribution in [1.82, 2.24) is 4.98 Å². The Balaban J connectivity index is 2.69. The fourth-order valence-corrected chi connectivity index (χ4v) is 2.25. The second kappa shape index (κ2) is 4.49. The van der Waals surface area contributed by atoms with E-state index in [2.05, 4.69) is 30.7 Å². The molecule has 2 N–H and O–H groups in total. The van der Waals surface area contributed by atoms with Gasteiger partial charge in [0, 0.05) is 24.5 Å². The summed E-state index contributed by atoms with van der Waals surface area (Å²) in [7, 11) is 4.05. The van der Waals surface area contributed by atoms with Crippen molar-refractivity contribution in [3.8, 4) is 0 Å². The number of rotatable bonds is 4. The van der Waals surface area contributed by atoms with Gasteiger partial charge in [0.25, 0.3) is 0 Å². The Labute approximate surface area is 96.3 Å². The quantitative estimate of drug-likeness (QED) is 0.857. The number of hydrogen-bond donors (Lipinski definition) is 1. The monoisotopic (exact) mass is 227 g/mol. The Morgan fingerprint density at radius 3 is 2.40 bits per heavy atom. The van der Waals surface area contributed by atoms with Gasteiger partial charge in [-0.15, -0.1) is 11.3 Å². The highest BCUT2D eigenvalue weighted by Crippen LogP contribution is 2.26. The van der Waals surface area contributed by atoms with Crippen LogP contribution in [-0.4, -0.2) is 24.6 Å². The van der Waals surface area contributed by atoms with Crippen molar-refractivity contribution in [1.29, 1.82) is 0 Å². The molecule has 0 aliphatic heterocycles. The van der Waals surface area contributed by atoms with Gasteiger partial charge in [-0.2, -0.15) is 0 Å². The lowest BCUT2D eigenvalue weighted by molar-refractivity contribution is 0.478. The second-order valence-corrected chi connectivity index (χ2v) is 5.95. The normalized spacial score (nSPS) is 11.9. The zero-order chi connectivity index (χ0) is 11.6.